The van der Waals surface area contributed by atoms with Crippen molar-refractivity contribution in [1.29, 1.82) is 0 Å². The Kier molecular flexibility index (Phi) is 8.52. The fourth-order valence-electron chi connectivity index (χ4n) is 4.61. The lowest BCUT2D eigenvalue weighted by Gasteiger charge is -2.25. The van der Waals surface area contributed by atoms with Gasteiger partial charge in [0.1, 0.15) is 6.04 Å². The van der Waals surface area contributed by atoms with Crippen LogP contribution in [0.15, 0.2) is 65.2 Å². The summed E-state index contributed by atoms with van der Waals surface area (Å²) >= 11 is 0. The molecular weight excluding hydrogens is 488 g/mol. The van der Waals surface area contributed by atoms with E-state index in [-0.39, 0.29) is 24.4 Å². The molecule has 11 nitrogen and oxygen atoms in total. The Morgan fingerprint density at radius 1 is 1.11 bits per heavy atom. The number of likely N-dealkylation sites (tertiary alicyclic amines) is 1. The topological polar surface area (TPSA) is 182 Å². The van der Waals surface area contributed by atoms with Crippen molar-refractivity contribution in [3.63, 3.8) is 0 Å². The monoisotopic (exact) mass is 520 g/mol. The molecule has 1 aliphatic heterocycles. The van der Waals surface area contributed by atoms with E-state index in [4.69, 9.17) is 21.6 Å². The van der Waals surface area contributed by atoms with E-state index < -0.39 is 35.8 Å². The summed E-state index contributed by atoms with van der Waals surface area (Å²) in [6.07, 6.45) is 3.27. The van der Waals surface area contributed by atoms with Crippen LogP contribution in [-0.4, -0.2) is 69.1 Å². The molecule has 7 N–H and O–H groups in total. The molecule has 38 heavy (non-hydrogen) atoms. The number of oxazole rings is 1. The standard InChI is InChI=1S/C27H32N6O5/c28-13-7-6-12-21(29)27(36)33(37)18-14-22(24(30)34)32(16-18)26(35)20-11-5-4-10-19(20)25-31-15-23(38-25)17-8-2-1-3-9-17/h1-5,8-11,15,18,21-22,37H,6-7,12-14,16,28-29H2,(H2,30,34)/t18?,21-,22-/m0/s1. The maximum absolute atomic E-state index is 13.7. The fraction of sp³-hybridized carbons (Fsp3) is 0.333. The molecule has 4 rings (SSSR count). The second-order valence-corrected chi connectivity index (χ2v) is 9.28. The first-order valence-electron chi connectivity index (χ1n) is 12.5. The number of hydroxylamine groups is 2. The molecule has 0 radical (unpaired) electrons. The van der Waals surface area contributed by atoms with Gasteiger partial charge in [-0.25, -0.2) is 10.0 Å². The molecule has 3 amide bonds. The quantitative estimate of drug-likeness (QED) is 0.177. The third-order valence-electron chi connectivity index (χ3n) is 6.68. The highest BCUT2D eigenvalue weighted by Gasteiger charge is 2.43. The van der Waals surface area contributed by atoms with Crippen LogP contribution in [0.25, 0.3) is 22.8 Å². The van der Waals surface area contributed by atoms with Gasteiger partial charge in [0.05, 0.1) is 23.8 Å². The van der Waals surface area contributed by atoms with Crippen LogP contribution in [0.2, 0.25) is 0 Å². The molecule has 2 heterocycles. The van der Waals surface area contributed by atoms with Gasteiger partial charge in [-0.3, -0.25) is 19.6 Å². The number of hydrogen-bond acceptors (Lipinski definition) is 8. The van der Waals surface area contributed by atoms with Crippen LogP contribution in [0.5, 0.6) is 0 Å². The first kappa shape index (κ1) is 27.0. The van der Waals surface area contributed by atoms with Crippen LogP contribution in [0.3, 0.4) is 0 Å². The number of carbonyl (C=O) groups excluding carboxylic acids is 3. The second kappa shape index (κ2) is 12.0. The summed E-state index contributed by atoms with van der Waals surface area (Å²) in [5.41, 5.74) is 18.6. The molecule has 0 saturated carbocycles. The predicted octanol–water partition coefficient (Wildman–Crippen LogP) is 1.75. The van der Waals surface area contributed by atoms with Crippen molar-refractivity contribution in [1.82, 2.24) is 14.9 Å². The van der Waals surface area contributed by atoms with Crippen molar-refractivity contribution in [3.05, 3.63) is 66.4 Å². The zero-order chi connectivity index (χ0) is 27.2. The maximum atomic E-state index is 13.7. The van der Waals surface area contributed by atoms with Gasteiger partial charge in [-0.1, -0.05) is 48.9 Å². The molecule has 11 heteroatoms. The predicted molar refractivity (Wildman–Crippen MR) is 139 cm³/mol. The molecule has 2 aromatic carbocycles. The molecule has 3 atom stereocenters. The Hall–Kier alpha value is -4.06. The Morgan fingerprint density at radius 2 is 1.82 bits per heavy atom. The molecule has 3 aromatic rings. The van der Waals surface area contributed by atoms with Crippen LogP contribution in [0.4, 0.5) is 0 Å². The van der Waals surface area contributed by atoms with Crippen LogP contribution < -0.4 is 17.2 Å². The van der Waals surface area contributed by atoms with Crippen molar-refractivity contribution >= 4 is 17.7 Å². The number of hydrogen-bond donors (Lipinski definition) is 4. The molecule has 1 unspecified atom stereocenters. The van der Waals surface area contributed by atoms with Crippen molar-refractivity contribution < 1.29 is 24.0 Å². The first-order valence-corrected chi connectivity index (χ1v) is 12.5. The SMILES string of the molecule is NCCCC[C@H](N)C(=O)N(O)C1C[C@@H](C(N)=O)N(C(=O)c2ccccc2-c2ncc(-c3ccccc3)o2)C1. The lowest BCUT2D eigenvalue weighted by molar-refractivity contribution is -0.176. The van der Waals surface area contributed by atoms with Crippen LogP contribution in [0.1, 0.15) is 36.0 Å². The van der Waals surface area contributed by atoms with Crippen molar-refractivity contribution in [3.8, 4) is 22.8 Å². The average molecular weight is 521 g/mol. The third-order valence-corrected chi connectivity index (χ3v) is 6.68. The van der Waals surface area contributed by atoms with Crippen LogP contribution in [-0.2, 0) is 9.59 Å². The summed E-state index contributed by atoms with van der Waals surface area (Å²) in [7, 11) is 0. The summed E-state index contributed by atoms with van der Waals surface area (Å²) in [4.78, 5) is 44.3. The van der Waals surface area contributed by atoms with Crippen LogP contribution >= 0.6 is 0 Å². The number of primary amides is 1. The number of aromatic nitrogens is 1. The minimum absolute atomic E-state index is 0.0157. The number of amides is 3. The van der Waals surface area contributed by atoms with E-state index in [1.165, 1.54) is 4.90 Å². The number of unbranched alkanes of at least 4 members (excludes halogenated alkanes) is 1. The zero-order valence-corrected chi connectivity index (χ0v) is 20.9. The first-order chi connectivity index (χ1) is 18.3. The van der Waals surface area contributed by atoms with Gasteiger partial charge in [-0.05, 0) is 31.5 Å². The van der Waals surface area contributed by atoms with Crippen molar-refractivity contribution in [2.24, 2.45) is 17.2 Å². The summed E-state index contributed by atoms with van der Waals surface area (Å²) in [6.45, 7) is 0.381. The summed E-state index contributed by atoms with van der Waals surface area (Å²) in [5, 5.41) is 11.2. The van der Waals surface area contributed by atoms with Gasteiger partial charge in [0.25, 0.3) is 11.8 Å². The van der Waals surface area contributed by atoms with Crippen LogP contribution in [0, 0.1) is 0 Å². The lowest BCUT2D eigenvalue weighted by atomic mass is 10.1. The minimum atomic E-state index is -1.03. The summed E-state index contributed by atoms with van der Waals surface area (Å²) in [5.74, 6) is -1.15. The van der Waals surface area contributed by atoms with Gasteiger partial charge >= 0.3 is 0 Å². The summed E-state index contributed by atoms with van der Waals surface area (Å²) < 4.78 is 5.95. The van der Waals surface area contributed by atoms with Gasteiger partial charge in [-0.2, -0.15) is 0 Å². The van der Waals surface area contributed by atoms with E-state index in [1.807, 2.05) is 30.3 Å². The van der Waals surface area contributed by atoms with Gasteiger partial charge in [0, 0.05) is 24.1 Å². The van der Waals surface area contributed by atoms with Crippen molar-refractivity contribution in [2.45, 2.75) is 43.8 Å². The highest BCUT2D eigenvalue weighted by atomic mass is 16.5. The third kappa shape index (κ3) is 5.75. The Morgan fingerprint density at radius 3 is 2.53 bits per heavy atom. The average Bonchev–Trinajstić information content (AvgIpc) is 3.61. The fourth-order valence-corrected chi connectivity index (χ4v) is 4.61. The highest BCUT2D eigenvalue weighted by Crippen LogP contribution is 2.31. The maximum Gasteiger partial charge on any atom is 0.263 e. The Balaban J connectivity index is 1.55. The highest BCUT2D eigenvalue weighted by molar-refractivity contribution is 6.02. The number of nitrogens with two attached hydrogens (primary N) is 3. The molecule has 0 spiro atoms. The van der Waals surface area contributed by atoms with Gasteiger partial charge in [0.2, 0.25) is 11.8 Å². The van der Waals surface area contributed by atoms with Crippen molar-refractivity contribution in [2.75, 3.05) is 13.1 Å². The van der Waals surface area contributed by atoms with E-state index in [0.29, 0.717) is 42.2 Å². The van der Waals surface area contributed by atoms with E-state index in [0.717, 1.165) is 5.56 Å². The zero-order valence-electron chi connectivity index (χ0n) is 20.9. The Bertz CT molecular complexity index is 1280. The molecule has 1 fully saturated rings. The molecule has 200 valence electrons. The number of rotatable bonds is 10. The van der Waals surface area contributed by atoms with Gasteiger partial charge in [0.15, 0.2) is 5.76 Å². The van der Waals surface area contributed by atoms with Gasteiger partial charge in [-0.15, -0.1) is 0 Å². The molecular formula is C27H32N6O5. The molecule has 0 bridgehead atoms. The normalized spacial score (nSPS) is 17.8. The molecule has 1 saturated heterocycles. The number of benzene rings is 2. The number of carbonyl (C=O) groups is 3. The van der Waals surface area contributed by atoms with E-state index >= 15 is 0 Å². The molecule has 0 aliphatic carbocycles. The Labute approximate surface area is 220 Å². The largest absolute Gasteiger partial charge is 0.436 e. The van der Waals surface area contributed by atoms with Gasteiger partial charge < -0.3 is 26.5 Å². The number of nitrogens with zero attached hydrogens (tertiary/aromatic N) is 3. The smallest absolute Gasteiger partial charge is 0.263 e. The van der Waals surface area contributed by atoms with E-state index in [1.54, 1.807) is 30.5 Å². The molecule has 1 aromatic heterocycles. The minimum Gasteiger partial charge on any atom is -0.436 e. The lowest BCUT2D eigenvalue weighted by Crippen LogP contribution is -2.48. The van der Waals surface area contributed by atoms with E-state index in [9.17, 15) is 19.6 Å². The molecule has 1 aliphatic rings. The van der Waals surface area contributed by atoms with E-state index in [2.05, 4.69) is 4.98 Å². The second-order valence-electron chi connectivity index (χ2n) is 9.28. The summed E-state index contributed by atoms with van der Waals surface area (Å²) in [6, 6.07) is 13.4.